The van der Waals surface area contributed by atoms with Gasteiger partial charge in [-0.25, -0.2) is 15.0 Å². The molecule has 0 unspecified atom stereocenters. The molecule has 3 aromatic rings. The van der Waals surface area contributed by atoms with E-state index in [2.05, 4.69) is 48.9 Å². The first-order chi connectivity index (χ1) is 14.5. The summed E-state index contributed by atoms with van der Waals surface area (Å²) in [4.78, 5) is 24.6. The molecule has 0 aliphatic carbocycles. The van der Waals surface area contributed by atoms with E-state index in [0.717, 1.165) is 9.13 Å². The molecule has 2 saturated heterocycles. The number of imidazole rings is 1. The van der Waals surface area contributed by atoms with E-state index in [1.54, 1.807) is 10.9 Å². The highest BCUT2D eigenvalue weighted by atomic mass is 127. The maximum atomic E-state index is 11.5. The second kappa shape index (κ2) is 7.41. The van der Waals surface area contributed by atoms with Crippen molar-refractivity contribution >= 4 is 45.5 Å². The van der Waals surface area contributed by atoms with Gasteiger partial charge in [0.2, 0.25) is 5.91 Å². The average Bonchev–Trinajstić information content (AvgIpc) is 3.35. The maximum absolute atomic E-state index is 11.5. The van der Waals surface area contributed by atoms with Crippen molar-refractivity contribution in [2.75, 3.05) is 11.9 Å². The van der Waals surface area contributed by atoms with Gasteiger partial charge in [0.15, 0.2) is 23.2 Å². The summed E-state index contributed by atoms with van der Waals surface area (Å²) in [7, 11) is 0. The first kappa shape index (κ1) is 19.6. The van der Waals surface area contributed by atoms with Crippen LogP contribution in [0.3, 0.4) is 0 Å². The number of nitrogens with two attached hydrogens (primary N) is 1. The van der Waals surface area contributed by atoms with Gasteiger partial charge in [0.05, 0.1) is 19.4 Å². The predicted octanol–water partition coefficient (Wildman–Crippen LogP) is 0.946. The van der Waals surface area contributed by atoms with Gasteiger partial charge < -0.3 is 25.6 Å². The van der Waals surface area contributed by atoms with E-state index in [-0.39, 0.29) is 13.0 Å². The Kier molecular flexibility index (Phi) is 4.84. The monoisotopic (exact) mass is 522 g/mol. The van der Waals surface area contributed by atoms with E-state index in [9.17, 15) is 9.90 Å². The number of fused-ring (bicyclic) bond motifs is 3. The summed E-state index contributed by atoms with van der Waals surface area (Å²) in [5, 5.41) is 13.9. The Balaban J connectivity index is 1.42. The number of anilines is 1. The Morgan fingerprint density at radius 2 is 2.27 bits per heavy atom. The number of benzene rings is 1. The lowest BCUT2D eigenvalue weighted by Gasteiger charge is -2.30. The van der Waals surface area contributed by atoms with Gasteiger partial charge in [-0.3, -0.25) is 9.36 Å². The Bertz CT molecular complexity index is 1120. The van der Waals surface area contributed by atoms with Crippen LogP contribution in [0.4, 0.5) is 5.82 Å². The van der Waals surface area contributed by atoms with Crippen molar-refractivity contribution in [3.63, 3.8) is 0 Å². The smallest absolute Gasteiger partial charge is 0.220 e. The summed E-state index contributed by atoms with van der Waals surface area (Å²) in [6.45, 7) is 0.699. The SMILES string of the molecule is NC(=O)C[C@]12CO[C@@H]([C@H](n3cnc4c(NCc5cccc(I)c5)ncnc43)O1)[C@@H]2O. The predicted molar refractivity (Wildman–Crippen MR) is 114 cm³/mol. The minimum atomic E-state index is -1.14. The molecule has 2 fully saturated rings. The van der Waals surface area contributed by atoms with E-state index >= 15 is 0 Å². The van der Waals surface area contributed by atoms with Crippen molar-refractivity contribution in [1.29, 1.82) is 0 Å². The number of hydrogen-bond acceptors (Lipinski definition) is 8. The third-order valence-corrected chi connectivity index (χ3v) is 6.13. The van der Waals surface area contributed by atoms with Gasteiger partial charge in [-0.05, 0) is 40.3 Å². The van der Waals surface area contributed by atoms with E-state index in [4.69, 9.17) is 15.2 Å². The number of ether oxygens (including phenoxy) is 2. The Morgan fingerprint density at radius 1 is 1.40 bits per heavy atom. The molecule has 2 aliphatic rings. The molecule has 0 spiro atoms. The standard InChI is InChI=1S/C19H19IN6O4/c20-11-3-1-2-10(4-11)6-22-16-13-17(24-8-23-16)26(9-25-13)18-14-15(28)19(30-18,7-29-14)5-12(21)27/h1-4,8-9,14-15,18,28H,5-7H2,(H2,21,27)(H,22,23,24)/t14-,15+,18-,19-/m1/s1. The third-order valence-electron chi connectivity index (χ3n) is 5.46. The van der Waals surface area contributed by atoms with Crippen molar-refractivity contribution in [2.24, 2.45) is 5.73 Å². The molecule has 10 nitrogen and oxygen atoms in total. The fourth-order valence-corrected chi connectivity index (χ4v) is 4.68. The van der Waals surface area contributed by atoms with Gasteiger partial charge in [-0.15, -0.1) is 0 Å². The van der Waals surface area contributed by atoms with E-state index < -0.39 is 29.9 Å². The van der Waals surface area contributed by atoms with E-state index in [1.165, 1.54) is 6.33 Å². The molecule has 0 saturated carbocycles. The molecule has 5 rings (SSSR count). The van der Waals surface area contributed by atoms with Crippen LogP contribution in [0.15, 0.2) is 36.9 Å². The van der Waals surface area contributed by atoms with Crippen LogP contribution >= 0.6 is 22.6 Å². The summed E-state index contributed by atoms with van der Waals surface area (Å²) in [5.74, 6) is 0.0351. The van der Waals surface area contributed by atoms with Crippen molar-refractivity contribution in [3.05, 3.63) is 46.1 Å². The lowest BCUT2D eigenvalue weighted by molar-refractivity contribution is -0.177. The van der Waals surface area contributed by atoms with Crippen molar-refractivity contribution in [3.8, 4) is 0 Å². The quantitative estimate of drug-likeness (QED) is 0.407. The molecule has 4 atom stereocenters. The minimum absolute atomic E-state index is 0.114. The van der Waals surface area contributed by atoms with Crippen molar-refractivity contribution in [1.82, 2.24) is 19.5 Å². The number of aliphatic hydroxyl groups excluding tert-OH is 1. The molecule has 2 bridgehead atoms. The minimum Gasteiger partial charge on any atom is -0.387 e. The summed E-state index contributed by atoms with van der Waals surface area (Å²) < 4.78 is 14.6. The Labute approximate surface area is 184 Å². The number of aliphatic hydroxyl groups is 1. The molecule has 0 radical (unpaired) electrons. The fourth-order valence-electron chi connectivity index (χ4n) is 4.07. The topological polar surface area (TPSA) is 137 Å². The van der Waals surface area contributed by atoms with Crippen LogP contribution in [0.1, 0.15) is 18.2 Å². The van der Waals surface area contributed by atoms with Crippen LogP contribution in [-0.4, -0.2) is 54.9 Å². The number of halogens is 1. The van der Waals surface area contributed by atoms with Crippen LogP contribution in [0.2, 0.25) is 0 Å². The number of aromatic nitrogens is 4. The van der Waals surface area contributed by atoms with Gasteiger partial charge in [0.25, 0.3) is 0 Å². The largest absolute Gasteiger partial charge is 0.387 e. The number of carbonyl (C=O) groups is 1. The van der Waals surface area contributed by atoms with Crippen LogP contribution < -0.4 is 11.1 Å². The maximum Gasteiger partial charge on any atom is 0.220 e. The molecular weight excluding hydrogens is 503 g/mol. The number of carbonyl (C=O) groups excluding carboxylic acids is 1. The van der Waals surface area contributed by atoms with Crippen LogP contribution in [0, 0.1) is 3.57 Å². The molecule has 4 N–H and O–H groups in total. The number of hydrogen-bond donors (Lipinski definition) is 3. The Hall–Kier alpha value is -2.35. The lowest BCUT2D eigenvalue weighted by Crippen LogP contribution is -2.44. The second-order valence-electron chi connectivity index (χ2n) is 7.47. The molecule has 1 aromatic carbocycles. The van der Waals surface area contributed by atoms with Gasteiger partial charge in [-0.2, -0.15) is 0 Å². The number of nitrogens with one attached hydrogen (secondary N) is 1. The van der Waals surface area contributed by atoms with Crippen molar-refractivity contribution in [2.45, 2.75) is 37.0 Å². The van der Waals surface area contributed by atoms with Crippen LogP contribution in [0.25, 0.3) is 11.2 Å². The highest BCUT2D eigenvalue weighted by molar-refractivity contribution is 14.1. The molecule has 11 heteroatoms. The summed E-state index contributed by atoms with van der Waals surface area (Å²) in [6, 6.07) is 8.16. The van der Waals surface area contributed by atoms with Crippen molar-refractivity contribution < 1.29 is 19.4 Å². The van der Waals surface area contributed by atoms with Gasteiger partial charge in [0.1, 0.15) is 24.1 Å². The number of amides is 1. The highest BCUT2D eigenvalue weighted by Gasteiger charge is 2.62. The Morgan fingerprint density at radius 3 is 3.07 bits per heavy atom. The van der Waals surface area contributed by atoms with Crippen LogP contribution in [0.5, 0.6) is 0 Å². The zero-order chi connectivity index (χ0) is 20.9. The van der Waals surface area contributed by atoms with Crippen LogP contribution in [-0.2, 0) is 20.8 Å². The number of primary amides is 1. The lowest BCUT2D eigenvalue weighted by atomic mass is 9.95. The molecule has 2 aliphatic heterocycles. The fraction of sp³-hybridized carbons (Fsp3) is 0.368. The summed E-state index contributed by atoms with van der Waals surface area (Å²) in [6.07, 6.45) is 0.630. The zero-order valence-corrected chi connectivity index (χ0v) is 17.9. The highest BCUT2D eigenvalue weighted by Crippen LogP contribution is 2.47. The number of nitrogens with zero attached hydrogens (tertiary/aromatic N) is 4. The van der Waals surface area contributed by atoms with Gasteiger partial charge >= 0.3 is 0 Å². The number of rotatable bonds is 6. The normalized spacial score (nSPS) is 27.6. The first-order valence-electron chi connectivity index (χ1n) is 9.38. The molecular formula is C19H19IN6O4. The first-order valence-corrected chi connectivity index (χ1v) is 10.5. The summed E-state index contributed by atoms with van der Waals surface area (Å²) >= 11 is 2.27. The third kappa shape index (κ3) is 3.21. The van der Waals surface area contributed by atoms with E-state index in [0.29, 0.717) is 23.5 Å². The molecule has 1 amide bonds. The molecule has 156 valence electrons. The molecule has 30 heavy (non-hydrogen) atoms. The average molecular weight is 522 g/mol. The molecule has 2 aromatic heterocycles. The van der Waals surface area contributed by atoms with E-state index in [1.807, 2.05) is 18.2 Å². The van der Waals surface area contributed by atoms with Gasteiger partial charge in [0, 0.05) is 10.1 Å². The second-order valence-corrected chi connectivity index (χ2v) is 8.71. The molecule has 4 heterocycles. The van der Waals surface area contributed by atoms with Gasteiger partial charge in [-0.1, -0.05) is 12.1 Å². The summed E-state index contributed by atoms with van der Waals surface area (Å²) in [5.41, 5.74) is 6.44. The zero-order valence-electron chi connectivity index (χ0n) is 15.7.